The normalized spacial score (nSPS) is 17.7. The molecule has 1 aromatic rings. The van der Waals surface area contributed by atoms with E-state index in [-0.39, 0.29) is 12.0 Å². The van der Waals surface area contributed by atoms with E-state index in [4.69, 9.17) is 16.3 Å². The van der Waals surface area contributed by atoms with Crippen LogP contribution in [0, 0.1) is 0 Å². The topological polar surface area (TPSA) is 29.5 Å². The van der Waals surface area contributed by atoms with E-state index < -0.39 is 0 Å². The van der Waals surface area contributed by atoms with Gasteiger partial charge in [-0.3, -0.25) is 9.69 Å². The Labute approximate surface area is 125 Å². The number of benzene rings is 1. The lowest BCUT2D eigenvalue weighted by atomic mass is 9.99. The first-order valence-electron chi connectivity index (χ1n) is 7.36. The molecule has 1 unspecified atom stereocenters. The van der Waals surface area contributed by atoms with E-state index in [1.165, 1.54) is 19.3 Å². The minimum absolute atomic E-state index is 0.0306. The number of halogens is 1. The summed E-state index contributed by atoms with van der Waals surface area (Å²) in [7, 11) is 0. The zero-order valence-electron chi connectivity index (χ0n) is 12.0. The smallest absolute Gasteiger partial charge is 0.307 e. The number of carbonyl (C=O) groups is 1. The standard InChI is InChI=1S/C16H22ClNO2/c1-2-20-16(19)12-15(18-10-6-3-7-11-18)13-8-4-5-9-14(13)17/h4-5,8-9,15H,2-3,6-7,10-12H2,1H3. The maximum Gasteiger partial charge on any atom is 0.307 e. The van der Waals surface area contributed by atoms with Crippen LogP contribution in [0.2, 0.25) is 5.02 Å². The third-order valence-electron chi connectivity index (χ3n) is 3.76. The van der Waals surface area contributed by atoms with Crippen LogP contribution in [0.5, 0.6) is 0 Å². The summed E-state index contributed by atoms with van der Waals surface area (Å²) < 4.78 is 5.12. The summed E-state index contributed by atoms with van der Waals surface area (Å²) in [5, 5.41) is 0.729. The fourth-order valence-electron chi connectivity index (χ4n) is 2.79. The number of likely N-dealkylation sites (tertiary alicyclic amines) is 1. The van der Waals surface area contributed by atoms with Crippen LogP contribution in [0.4, 0.5) is 0 Å². The molecule has 110 valence electrons. The molecule has 1 aliphatic heterocycles. The van der Waals surface area contributed by atoms with Crippen LogP contribution in [0.1, 0.15) is 44.2 Å². The first kappa shape index (κ1) is 15.3. The number of carbonyl (C=O) groups excluding carboxylic acids is 1. The Morgan fingerprint density at radius 2 is 2.00 bits per heavy atom. The monoisotopic (exact) mass is 295 g/mol. The molecule has 0 aliphatic carbocycles. The molecule has 3 nitrogen and oxygen atoms in total. The van der Waals surface area contributed by atoms with Crippen LogP contribution in [-0.4, -0.2) is 30.6 Å². The van der Waals surface area contributed by atoms with Gasteiger partial charge in [0.1, 0.15) is 0 Å². The van der Waals surface area contributed by atoms with Crippen molar-refractivity contribution < 1.29 is 9.53 Å². The number of hydrogen-bond donors (Lipinski definition) is 0. The highest BCUT2D eigenvalue weighted by Crippen LogP contribution is 2.32. The maximum absolute atomic E-state index is 11.9. The Hall–Kier alpha value is -1.06. The Morgan fingerprint density at radius 1 is 1.30 bits per heavy atom. The Balaban J connectivity index is 2.19. The molecule has 0 N–H and O–H groups in total. The van der Waals surface area contributed by atoms with Gasteiger partial charge in [-0.05, 0) is 44.5 Å². The van der Waals surface area contributed by atoms with Crippen LogP contribution < -0.4 is 0 Å². The second kappa shape index (κ2) is 7.65. The first-order chi connectivity index (χ1) is 9.72. The summed E-state index contributed by atoms with van der Waals surface area (Å²) in [5.41, 5.74) is 1.03. The fourth-order valence-corrected chi connectivity index (χ4v) is 3.05. The molecular weight excluding hydrogens is 274 g/mol. The molecule has 0 saturated carbocycles. The van der Waals surface area contributed by atoms with Crippen LogP contribution >= 0.6 is 11.6 Å². The summed E-state index contributed by atoms with van der Waals surface area (Å²) in [6.07, 6.45) is 4.01. The molecule has 0 bridgehead atoms. The third kappa shape index (κ3) is 3.97. The van der Waals surface area contributed by atoms with Crippen molar-refractivity contribution in [2.45, 2.75) is 38.6 Å². The predicted octanol–water partition coefficient (Wildman–Crippen LogP) is 3.82. The Kier molecular flexibility index (Phi) is 5.86. The molecule has 0 radical (unpaired) electrons. The van der Waals surface area contributed by atoms with E-state index in [1.54, 1.807) is 0 Å². The van der Waals surface area contributed by atoms with Crippen molar-refractivity contribution in [3.63, 3.8) is 0 Å². The van der Waals surface area contributed by atoms with Gasteiger partial charge in [-0.1, -0.05) is 36.2 Å². The van der Waals surface area contributed by atoms with Crippen LogP contribution in [-0.2, 0) is 9.53 Å². The molecule has 20 heavy (non-hydrogen) atoms. The summed E-state index contributed by atoms with van der Waals surface area (Å²) in [6.45, 7) is 4.31. The molecule has 1 fully saturated rings. The van der Waals surface area contributed by atoms with Crippen molar-refractivity contribution in [1.82, 2.24) is 4.90 Å². The van der Waals surface area contributed by atoms with Crippen LogP contribution in [0.15, 0.2) is 24.3 Å². The molecule has 2 rings (SSSR count). The Morgan fingerprint density at radius 3 is 2.65 bits per heavy atom. The summed E-state index contributed by atoms with van der Waals surface area (Å²) in [4.78, 5) is 14.3. The highest BCUT2D eigenvalue weighted by Gasteiger charge is 2.26. The van der Waals surface area contributed by atoms with Gasteiger partial charge < -0.3 is 4.74 Å². The lowest BCUT2D eigenvalue weighted by Gasteiger charge is -2.34. The Bertz CT molecular complexity index is 444. The molecule has 0 aromatic heterocycles. The van der Waals surface area contributed by atoms with Gasteiger partial charge in [0.2, 0.25) is 0 Å². The van der Waals surface area contributed by atoms with E-state index in [2.05, 4.69) is 4.90 Å². The zero-order valence-corrected chi connectivity index (χ0v) is 12.7. The van der Waals surface area contributed by atoms with Gasteiger partial charge >= 0.3 is 5.97 Å². The quantitative estimate of drug-likeness (QED) is 0.774. The second-order valence-electron chi connectivity index (χ2n) is 5.14. The molecule has 1 atom stereocenters. The largest absolute Gasteiger partial charge is 0.466 e. The van der Waals surface area contributed by atoms with Crippen molar-refractivity contribution in [2.24, 2.45) is 0 Å². The van der Waals surface area contributed by atoms with E-state index in [9.17, 15) is 4.79 Å². The molecule has 4 heteroatoms. The molecule has 1 aromatic carbocycles. The molecule has 1 heterocycles. The number of rotatable bonds is 5. The van der Waals surface area contributed by atoms with Gasteiger partial charge in [-0.15, -0.1) is 0 Å². The number of nitrogens with zero attached hydrogens (tertiary/aromatic N) is 1. The lowest BCUT2D eigenvalue weighted by molar-refractivity contribution is -0.144. The molecular formula is C16H22ClNO2. The maximum atomic E-state index is 11.9. The number of ether oxygens (including phenoxy) is 1. The number of piperidine rings is 1. The van der Waals surface area contributed by atoms with Crippen molar-refractivity contribution >= 4 is 17.6 Å². The summed E-state index contributed by atoms with van der Waals surface area (Å²) in [5.74, 6) is -0.150. The average molecular weight is 296 g/mol. The fraction of sp³-hybridized carbons (Fsp3) is 0.562. The van der Waals surface area contributed by atoms with E-state index >= 15 is 0 Å². The molecule has 0 amide bonds. The van der Waals surface area contributed by atoms with E-state index in [0.29, 0.717) is 13.0 Å². The van der Waals surface area contributed by atoms with Gasteiger partial charge in [0.15, 0.2) is 0 Å². The number of hydrogen-bond acceptors (Lipinski definition) is 3. The predicted molar refractivity (Wildman–Crippen MR) is 80.9 cm³/mol. The van der Waals surface area contributed by atoms with E-state index in [1.807, 2.05) is 31.2 Å². The van der Waals surface area contributed by atoms with Gasteiger partial charge in [-0.25, -0.2) is 0 Å². The van der Waals surface area contributed by atoms with Crippen molar-refractivity contribution in [3.8, 4) is 0 Å². The van der Waals surface area contributed by atoms with Crippen LogP contribution in [0.25, 0.3) is 0 Å². The lowest BCUT2D eigenvalue weighted by Crippen LogP contribution is -2.35. The summed E-state index contributed by atoms with van der Waals surface area (Å²) in [6, 6.07) is 7.83. The van der Waals surface area contributed by atoms with Gasteiger partial charge in [0, 0.05) is 11.1 Å². The van der Waals surface area contributed by atoms with Crippen molar-refractivity contribution in [1.29, 1.82) is 0 Å². The SMILES string of the molecule is CCOC(=O)CC(c1ccccc1Cl)N1CCCCC1. The third-order valence-corrected chi connectivity index (χ3v) is 4.11. The first-order valence-corrected chi connectivity index (χ1v) is 7.74. The molecule has 1 saturated heterocycles. The zero-order chi connectivity index (χ0) is 14.4. The average Bonchev–Trinajstić information content (AvgIpc) is 2.47. The summed E-state index contributed by atoms with van der Waals surface area (Å²) >= 11 is 6.32. The highest BCUT2D eigenvalue weighted by molar-refractivity contribution is 6.31. The van der Waals surface area contributed by atoms with Crippen molar-refractivity contribution in [2.75, 3.05) is 19.7 Å². The van der Waals surface area contributed by atoms with Gasteiger partial charge in [0.05, 0.1) is 13.0 Å². The van der Waals surface area contributed by atoms with E-state index in [0.717, 1.165) is 23.7 Å². The second-order valence-corrected chi connectivity index (χ2v) is 5.55. The number of esters is 1. The highest BCUT2D eigenvalue weighted by atomic mass is 35.5. The minimum atomic E-state index is -0.150. The van der Waals surface area contributed by atoms with Crippen molar-refractivity contribution in [3.05, 3.63) is 34.9 Å². The molecule has 0 spiro atoms. The van der Waals surface area contributed by atoms with Gasteiger partial charge in [0.25, 0.3) is 0 Å². The van der Waals surface area contributed by atoms with Crippen LogP contribution in [0.3, 0.4) is 0 Å². The van der Waals surface area contributed by atoms with Gasteiger partial charge in [-0.2, -0.15) is 0 Å². The molecule has 1 aliphatic rings. The minimum Gasteiger partial charge on any atom is -0.466 e.